The van der Waals surface area contributed by atoms with E-state index in [9.17, 15) is 17.9 Å². The number of halogens is 1. The number of aliphatic hydroxyl groups excluding tert-OH is 1. The summed E-state index contributed by atoms with van der Waals surface area (Å²) < 4.78 is 42.1. The van der Waals surface area contributed by atoms with E-state index in [1.807, 2.05) is 25.1 Å². The summed E-state index contributed by atoms with van der Waals surface area (Å²) in [6.45, 7) is 4.33. The molecule has 6 rings (SSSR count). The van der Waals surface area contributed by atoms with Crippen LogP contribution >= 0.6 is 0 Å². The number of benzene rings is 2. The molecule has 3 aromatic heterocycles. The molecule has 0 saturated carbocycles. The van der Waals surface area contributed by atoms with Crippen LogP contribution in [0, 0.1) is 12.9 Å². The maximum absolute atomic E-state index is 13.7. The van der Waals surface area contributed by atoms with Crippen LogP contribution in [0.5, 0.6) is 0 Å². The SMILES string of the molecule is Cc1ccc(S(=O)(=O)n2cc(-c3ccc(F)nc3)c3cc(-c4ccc(CN5CCCC(O)C5)cc4)cnc32)cc1. The molecule has 1 unspecified atom stereocenters. The second kappa shape index (κ2) is 10.6. The summed E-state index contributed by atoms with van der Waals surface area (Å²) in [5, 5.41) is 10.6. The molecule has 4 heterocycles. The van der Waals surface area contributed by atoms with E-state index in [1.165, 1.54) is 22.4 Å². The van der Waals surface area contributed by atoms with Crippen LogP contribution in [-0.4, -0.2) is 51.6 Å². The second-order valence-corrected chi connectivity index (χ2v) is 12.2. The Morgan fingerprint density at radius 1 is 0.950 bits per heavy atom. The third kappa shape index (κ3) is 5.15. The Morgan fingerprint density at radius 2 is 1.68 bits per heavy atom. The Labute approximate surface area is 232 Å². The Morgan fingerprint density at radius 3 is 2.38 bits per heavy atom. The summed E-state index contributed by atoms with van der Waals surface area (Å²) in [6.07, 6.45) is 6.18. The van der Waals surface area contributed by atoms with Gasteiger partial charge in [-0.25, -0.2) is 22.4 Å². The molecule has 9 heteroatoms. The van der Waals surface area contributed by atoms with Gasteiger partial charge < -0.3 is 5.11 Å². The first kappa shape index (κ1) is 26.3. The van der Waals surface area contributed by atoms with Crippen molar-refractivity contribution in [3.63, 3.8) is 0 Å². The lowest BCUT2D eigenvalue weighted by Crippen LogP contribution is -2.37. The molecule has 0 amide bonds. The molecule has 0 aliphatic carbocycles. The molecule has 204 valence electrons. The summed E-state index contributed by atoms with van der Waals surface area (Å²) in [7, 11) is -3.94. The molecule has 1 aliphatic rings. The molecule has 1 saturated heterocycles. The molecule has 1 atom stereocenters. The molecule has 7 nitrogen and oxygen atoms in total. The standard InChI is InChI=1S/C31H29FN4O3S/c1-21-4-11-27(12-5-21)40(38,39)36-20-29(24-10-13-30(32)33-16-24)28-15-25(17-34-31(28)36)23-8-6-22(7-9-23)18-35-14-2-3-26(37)19-35/h4-13,15-17,20,26,37H,2-3,14,18-19H2,1H3. The van der Waals surface area contributed by atoms with Gasteiger partial charge in [0.2, 0.25) is 5.95 Å². The van der Waals surface area contributed by atoms with E-state index >= 15 is 0 Å². The molecule has 1 aliphatic heterocycles. The van der Waals surface area contributed by atoms with E-state index in [0.29, 0.717) is 23.1 Å². The van der Waals surface area contributed by atoms with Crippen molar-refractivity contribution in [2.24, 2.45) is 0 Å². The van der Waals surface area contributed by atoms with Gasteiger partial charge in [0.05, 0.1) is 11.0 Å². The lowest BCUT2D eigenvalue weighted by atomic mass is 10.0. The van der Waals surface area contributed by atoms with Gasteiger partial charge in [-0.2, -0.15) is 4.39 Å². The third-order valence-electron chi connectivity index (χ3n) is 7.40. The molecular formula is C31H29FN4O3S. The van der Waals surface area contributed by atoms with Crippen LogP contribution in [0.2, 0.25) is 0 Å². The molecule has 40 heavy (non-hydrogen) atoms. The number of likely N-dealkylation sites (tertiary alicyclic amines) is 1. The van der Waals surface area contributed by atoms with Crippen molar-refractivity contribution in [2.45, 2.75) is 37.3 Å². The molecule has 0 spiro atoms. The number of piperidine rings is 1. The Bertz CT molecular complexity index is 1770. The molecule has 0 radical (unpaired) electrons. The minimum atomic E-state index is -3.94. The predicted molar refractivity (Wildman–Crippen MR) is 153 cm³/mol. The minimum Gasteiger partial charge on any atom is -0.392 e. The van der Waals surface area contributed by atoms with Gasteiger partial charge in [0.1, 0.15) is 0 Å². The summed E-state index contributed by atoms with van der Waals surface area (Å²) in [4.78, 5) is 10.8. The Kier molecular flexibility index (Phi) is 6.95. The zero-order valence-corrected chi connectivity index (χ0v) is 22.9. The van der Waals surface area contributed by atoms with E-state index in [0.717, 1.165) is 48.2 Å². The summed E-state index contributed by atoms with van der Waals surface area (Å²) in [6, 6.07) is 19.6. The first-order valence-corrected chi connectivity index (χ1v) is 14.7. The van der Waals surface area contributed by atoms with Gasteiger partial charge >= 0.3 is 0 Å². The van der Waals surface area contributed by atoms with Gasteiger partial charge in [-0.3, -0.25) is 4.90 Å². The number of fused-ring (bicyclic) bond motifs is 1. The number of rotatable bonds is 6. The molecular weight excluding hydrogens is 527 g/mol. The van der Waals surface area contributed by atoms with Gasteiger partial charge in [-0.1, -0.05) is 42.0 Å². The van der Waals surface area contributed by atoms with E-state index in [-0.39, 0.29) is 16.6 Å². The Hall–Kier alpha value is -3.92. The van der Waals surface area contributed by atoms with Gasteiger partial charge in [0.25, 0.3) is 10.0 Å². The number of β-amino-alcohol motifs (C(OH)–C–C–N with tert-alkyl or cyclic N) is 1. The number of hydrogen-bond acceptors (Lipinski definition) is 6. The number of aryl methyl sites for hydroxylation is 1. The number of aromatic nitrogens is 3. The highest BCUT2D eigenvalue weighted by atomic mass is 32.2. The lowest BCUT2D eigenvalue weighted by Gasteiger charge is -2.29. The first-order chi connectivity index (χ1) is 19.3. The van der Waals surface area contributed by atoms with Crippen molar-refractivity contribution in [1.82, 2.24) is 18.8 Å². The normalized spacial score (nSPS) is 16.4. The highest BCUT2D eigenvalue weighted by molar-refractivity contribution is 7.90. The summed E-state index contributed by atoms with van der Waals surface area (Å²) >= 11 is 0. The van der Waals surface area contributed by atoms with Crippen LogP contribution in [0.1, 0.15) is 24.0 Å². The number of nitrogens with zero attached hydrogens (tertiary/aromatic N) is 4. The second-order valence-electron chi connectivity index (χ2n) is 10.3. The molecule has 1 N–H and O–H groups in total. The maximum atomic E-state index is 13.7. The van der Waals surface area contributed by atoms with Crippen molar-refractivity contribution in [1.29, 1.82) is 0 Å². The summed E-state index contributed by atoms with van der Waals surface area (Å²) in [5.74, 6) is -0.613. The molecule has 1 fully saturated rings. The van der Waals surface area contributed by atoms with E-state index in [1.54, 1.807) is 36.5 Å². The van der Waals surface area contributed by atoms with Gasteiger partial charge in [0, 0.05) is 53.8 Å². The van der Waals surface area contributed by atoms with E-state index < -0.39 is 16.0 Å². The molecule has 5 aromatic rings. The van der Waals surface area contributed by atoms with Crippen LogP contribution in [0.15, 0.2) is 90.2 Å². The smallest absolute Gasteiger partial charge is 0.269 e. The van der Waals surface area contributed by atoms with Crippen LogP contribution in [0.4, 0.5) is 4.39 Å². The third-order valence-corrected chi connectivity index (χ3v) is 9.07. The van der Waals surface area contributed by atoms with Crippen LogP contribution in [0.25, 0.3) is 33.3 Å². The average Bonchev–Trinajstić information content (AvgIpc) is 3.34. The fourth-order valence-electron chi connectivity index (χ4n) is 5.24. The number of hydrogen-bond donors (Lipinski definition) is 1. The molecule has 0 bridgehead atoms. The van der Waals surface area contributed by atoms with Crippen molar-refractivity contribution in [2.75, 3.05) is 13.1 Å². The van der Waals surface area contributed by atoms with Gasteiger partial charge in [-0.15, -0.1) is 0 Å². The number of aliphatic hydroxyl groups is 1. The van der Waals surface area contributed by atoms with Gasteiger partial charge in [0.15, 0.2) is 5.65 Å². The highest BCUT2D eigenvalue weighted by Gasteiger charge is 2.24. The minimum absolute atomic E-state index is 0.154. The lowest BCUT2D eigenvalue weighted by molar-refractivity contribution is 0.0668. The van der Waals surface area contributed by atoms with Crippen molar-refractivity contribution in [3.05, 3.63) is 102 Å². The Balaban J connectivity index is 1.40. The van der Waals surface area contributed by atoms with Crippen LogP contribution < -0.4 is 0 Å². The topological polar surface area (TPSA) is 88.3 Å². The zero-order valence-electron chi connectivity index (χ0n) is 22.0. The fourth-order valence-corrected chi connectivity index (χ4v) is 6.57. The van der Waals surface area contributed by atoms with Gasteiger partial charge in [-0.05, 0) is 67.8 Å². The van der Waals surface area contributed by atoms with E-state index in [4.69, 9.17) is 0 Å². The number of pyridine rings is 2. The maximum Gasteiger partial charge on any atom is 0.269 e. The largest absolute Gasteiger partial charge is 0.392 e. The summed E-state index contributed by atoms with van der Waals surface area (Å²) in [5.41, 5.74) is 5.33. The van der Waals surface area contributed by atoms with Crippen molar-refractivity contribution in [3.8, 4) is 22.3 Å². The highest BCUT2D eigenvalue weighted by Crippen LogP contribution is 2.34. The zero-order chi connectivity index (χ0) is 27.9. The van der Waals surface area contributed by atoms with Crippen molar-refractivity contribution < 1.29 is 17.9 Å². The van der Waals surface area contributed by atoms with Crippen LogP contribution in [0.3, 0.4) is 0 Å². The first-order valence-electron chi connectivity index (χ1n) is 13.2. The molecule has 2 aromatic carbocycles. The van der Waals surface area contributed by atoms with E-state index in [2.05, 4.69) is 27.0 Å². The fraction of sp³-hybridized carbons (Fsp3) is 0.226. The quantitative estimate of drug-likeness (QED) is 0.282. The average molecular weight is 557 g/mol. The monoisotopic (exact) mass is 556 g/mol. The van der Waals surface area contributed by atoms with Crippen molar-refractivity contribution >= 4 is 21.1 Å². The van der Waals surface area contributed by atoms with Crippen LogP contribution in [-0.2, 0) is 16.6 Å². The predicted octanol–water partition coefficient (Wildman–Crippen LogP) is 5.41.